The Morgan fingerprint density at radius 3 is 2.76 bits per heavy atom. The van der Waals surface area contributed by atoms with E-state index in [1.807, 2.05) is 66.4 Å². The first-order chi connectivity index (χ1) is 14.1. The number of fused-ring (bicyclic) bond motifs is 1. The van der Waals surface area contributed by atoms with Gasteiger partial charge in [-0.3, -0.25) is 4.98 Å². The Hall–Kier alpha value is -2.83. The van der Waals surface area contributed by atoms with Gasteiger partial charge >= 0.3 is 0 Å². The van der Waals surface area contributed by atoms with Gasteiger partial charge in [0.15, 0.2) is 16.6 Å². The van der Waals surface area contributed by atoms with Crippen molar-refractivity contribution in [3.8, 4) is 11.5 Å². The van der Waals surface area contributed by atoms with Crippen LogP contribution in [0, 0.1) is 6.92 Å². The molecule has 1 N–H and O–H groups in total. The predicted octanol–water partition coefficient (Wildman–Crippen LogP) is 5.17. The van der Waals surface area contributed by atoms with Crippen LogP contribution in [-0.4, -0.2) is 21.8 Å². The zero-order chi connectivity index (χ0) is 20.2. The van der Waals surface area contributed by atoms with Crippen molar-refractivity contribution in [3.63, 3.8) is 0 Å². The van der Waals surface area contributed by atoms with E-state index in [1.54, 1.807) is 6.20 Å². The van der Waals surface area contributed by atoms with E-state index in [0.29, 0.717) is 23.2 Å². The Labute approximate surface area is 180 Å². The molecule has 5 nitrogen and oxygen atoms in total. The molecule has 0 saturated heterocycles. The van der Waals surface area contributed by atoms with E-state index in [4.69, 9.17) is 33.3 Å². The summed E-state index contributed by atoms with van der Waals surface area (Å²) in [7, 11) is 0. The van der Waals surface area contributed by atoms with Crippen molar-refractivity contribution in [2.75, 3.05) is 12.1 Å². The molecule has 4 rings (SSSR count). The van der Waals surface area contributed by atoms with Crippen LogP contribution < -0.4 is 14.8 Å². The summed E-state index contributed by atoms with van der Waals surface area (Å²) in [4.78, 5) is 6.48. The molecule has 29 heavy (non-hydrogen) atoms. The van der Waals surface area contributed by atoms with E-state index < -0.39 is 0 Å². The van der Waals surface area contributed by atoms with Crippen LogP contribution in [0.2, 0.25) is 5.02 Å². The van der Waals surface area contributed by atoms with Crippen LogP contribution in [0.4, 0.5) is 5.69 Å². The number of ether oxygens (including phenoxy) is 2. The summed E-state index contributed by atoms with van der Waals surface area (Å²) < 4.78 is 10.9. The number of aryl methyl sites for hydroxylation is 1. The van der Waals surface area contributed by atoms with Crippen molar-refractivity contribution in [1.29, 1.82) is 0 Å². The lowest BCUT2D eigenvalue weighted by Crippen LogP contribution is -2.34. The highest BCUT2D eigenvalue weighted by molar-refractivity contribution is 7.80. The molecule has 2 aromatic carbocycles. The summed E-state index contributed by atoms with van der Waals surface area (Å²) in [5, 5.41) is 4.47. The summed E-state index contributed by atoms with van der Waals surface area (Å²) in [6, 6.07) is 17.6. The second-order valence-electron chi connectivity index (χ2n) is 6.78. The number of hydrogen-bond acceptors (Lipinski definition) is 4. The summed E-state index contributed by atoms with van der Waals surface area (Å²) in [5.74, 6) is 1.51. The molecule has 0 spiro atoms. The molecule has 0 unspecified atom stereocenters. The third-order valence-electron chi connectivity index (χ3n) is 4.54. The first-order valence-corrected chi connectivity index (χ1v) is 9.97. The lowest BCUT2D eigenvalue weighted by Gasteiger charge is -2.26. The molecule has 2 heterocycles. The molecule has 148 valence electrons. The minimum Gasteiger partial charge on any atom is -0.454 e. The van der Waals surface area contributed by atoms with Crippen LogP contribution in [0.25, 0.3) is 0 Å². The van der Waals surface area contributed by atoms with Gasteiger partial charge in [-0.15, -0.1) is 0 Å². The molecule has 0 amide bonds. The number of nitrogens with one attached hydrogen (secondary N) is 1. The lowest BCUT2D eigenvalue weighted by molar-refractivity contribution is 0.174. The number of rotatable bonds is 5. The first kappa shape index (κ1) is 19.5. The number of pyridine rings is 1. The largest absolute Gasteiger partial charge is 0.454 e. The van der Waals surface area contributed by atoms with Gasteiger partial charge in [0.25, 0.3) is 0 Å². The number of benzene rings is 2. The zero-order valence-corrected chi connectivity index (χ0v) is 17.5. The van der Waals surface area contributed by atoms with E-state index in [0.717, 1.165) is 34.0 Å². The van der Waals surface area contributed by atoms with Crippen molar-refractivity contribution in [2.24, 2.45) is 0 Å². The van der Waals surface area contributed by atoms with Gasteiger partial charge in [0.1, 0.15) is 0 Å². The van der Waals surface area contributed by atoms with Gasteiger partial charge < -0.3 is 19.7 Å². The van der Waals surface area contributed by atoms with E-state index in [9.17, 15) is 0 Å². The maximum Gasteiger partial charge on any atom is 0.231 e. The number of halogens is 1. The van der Waals surface area contributed by atoms with Gasteiger partial charge in [0.2, 0.25) is 6.79 Å². The maximum absolute atomic E-state index is 6.38. The van der Waals surface area contributed by atoms with Crippen LogP contribution >= 0.6 is 23.8 Å². The molecule has 1 aliphatic rings. The quantitative estimate of drug-likeness (QED) is 0.569. The number of nitrogens with zero attached hydrogens (tertiary/aromatic N) is 2. The number of anilines is 1. The Morgan fingerprint density at radius 1 is 1.10 bits per heavy atom. The highest BCUT2D eigenvalue weighted by Gasteiger charge is 2.17. The molecule has 0 saturated carbocycles. The Balaban J connectivity index is 1.56. The summed E-state index contributed by atoms with van der Waals surface area (Å²) in [5.41, 5.74) is 3.85. The molecule has 0 aliphatic carbocycles. The molecule has 7 heteroatoms. The second-order valence-corrected chi connectivity index (χ2v) is 7.57. The molecule has 0 radical (unpaired) electrons. The van der Waals surface area contributed by atoms with Gasteiger partial charge in [-0.05, 0) is 66.7 Å². The minimum atomic E-state index is 0.252. The summed E-state index contributed by atoms with van der Waals surface area (Å²) in [6.45, 7) is 3.40. The molecule has 3 aromatic rings. The maximum atomic E-state index is 6.38. The molecule has 0 fully saturated rings. The fraction of sp³-hybridized carbons (Fsp3) is 0.182. The molecule has 1 aromatic heterocycles. The monoisotopic (exact) mass is 425 g/mol. The summed E-state index contributed by atoms with van der Waals surface area (Å²) in [6.07, 6.45) is 1.78. The SMILES string of the molecule is Cc1ccc(NC(=S)N(Cc2ccc3c(c2)OCO3)Cc2ccccn2)c(Cl)c1. The molecule has 1 aliphatic heterocycles. The molecular formula is C22H20ClN3O2S. The van der Waals surface area contributed by atoms with E-state index in [1.165, 1.54) is 0 Å². The highest BCUT2D eigenvalue weighted by Crippen LogP contribution is 2.33. The Bertz CT molecular complexity index is 1030. The van der Waals surface area contributed by atoms with Crippen molar-refractivity contribution < 1.29 is 9.47 Å². The fourth-order valence-electron chi connectivity index (χ4n) is 3.06. The topological polar surface area (TPSA) is 46.6 Å². The third-order valence-corrected chi connectivity index (χ3v) is 5.22. The standard InChI is InChI=1S/C22H20ClN3O2S/c1-15-5-7-19(18(23)10-15)25-22(29)26(13-17-4-2-3-9-24-17)12-16-6-8-20-21(11-16)28-14-27-20/h2-11H,12-14H2,1H3,(H,25,29). The van der Waals surface area contributed by atoms with E-state index >= 15 is 0 Å². The number of thiocarbonyl (C=S) groups is 1. The Morgan fingerprint density at radius 2 is 1.97 bits per heavy atom. The highest BCUT2D eigenvalue weighted by atomic mass is 35.5. The minimum absolute atomic E-state index is 0.252. The number of hydrogen-bond donors (Lipinski definition) is 1. The van der Waals surface area contributed by atoms with Crippen LogP contribution in [0.3, 0.4) is 0 Å². The van der Waals surface area contributed by atoms with Gasteiger partial charge in [-0.25, -0.2) is 0 Å². The first-order valence-electron chi connectivity index (χ1n) is 9.19. The van der Waals surface area contributed by atoms with Gasteiger partial charge in [-0.1, -0.05) is 29.8 Å². The normalized spacial score (nSPS) is 11.9. The van der Waals surface area contributed by atoms with Crippen LogP contribution in [-0.2, 0) is 13.1 Å². The molecular weight excluding hydrogens is 406 g/mol. The van der Waals surface area contributed by atoms with E-state index in [2.05, 4.69) is 10.3 Å². The van der Waals surface area contributed by atoms with Crippen molar-refractivity contribution in [1.82, 2.24) is 9.88 Å². The predicted molar refractivity (Wildman–Crippen MR) is 118 cm³/mol. The van der Waals surface area contributed by atoms with Gasteiger partial charge in [0.05, 0.1) is 22.9 Å². The second kappa shape index (κ2) is 8.68. The lowest BCUT2D eigenvalue weighted by atomic mass is 10.2. The van der Waals surface area contributed by atoms with E-state index in [-0.39, 0.29) is 6.79 Å². The van der Waals surface area contributed by atoms with Crippen LogP contribution in [0.15, 0.2) is 60.8 Å². The third kappa shape index (κ3) is 4.78. The van der Waals surface area contributed by atoms with Crippen LogP contribution in [0.5, 0.6) is 11.5 Å². The van der Waals surface area contributed by atoms with Gasteiger partial charge in [-0.2, -0.15) is 0 Å². The molecule has 0 atom stereocenters. The smallest absolute Gasteiger partial charge is 0.231 e. The Kier molecular flexibility index (Phi) is 5.83. The van der Waals surface area contributed by atoms with Gasteiger partial charge in [0, 0.05) is 12.7 Å². The summed E-state index contributed by atoms with van der Waals surface area (Å²) >= 11 is 12.1. The zero-order valence-electron chi connectivity index (χ0n) is 15.9. The fourth-order valence-corrected chi connectivity index (χ4v) is 3.58. The number of aromatic nitrogens is 1. The van der Waals surface area contributed by atoms with Crippen LogP contribution in [0.1, 0.15) is 16.8 Å². The van der Waals surface area contributed by atoms with Crippen molar-refractivity contribution in [3.05, 3.63) is 82.6 Å². The van der Waals surface area contributed by atoms with Crippen molar-refractivity contribution in [2.45, 2.75) is 20.0 Å². The average molecular weight is 426 g/mol. The van der Waals surface area contributed by atoms with Crippen molar-refractivity contribution >= 4 is 34.6 Å². The average Bonchev–Trinajstić information content (AvgIpc) is 3.18. The molecule has 0 bridgehead atoms.